The molecule has 1 saturated heterocycles. The van der Waals surface area contributed by atoms with E-state index in [2.05, 4.69) is 20.9 Å². The minimum absolute atomic E-state index is 0.0592. The molecule has 4 aromatic rings. The average Bonchev–Trinajstić information content (AvgIpc) is 3.31. The SMILES string of the molecule is O=C1CN2CCN(C(=O)OCc3ccccc3)CCN(CCN(C(=O)OCc3ccccc3)CC2)CC(=O)NCCCCOc2ccc(cc2)N=Nc2ccc(cc2)OCCCCN1. The first kappa shape index (κ1) is 47.0. The average molecular weight is 877 g/mol. The van der Waals surface area contributed by atoms with Crippen LogP contribution in [0.25, 0.3) is 0 Å². The van der Waals surface area contributed by atoms with Gasteiger partial charge in [0.1, 0.15) is 24.7 Å². The van der Waals surface area contributed by atoms with Crippen LogP contribution < -0.4 is 20.1 Å². The number of carbonyl (C=O) groups excluding carboxylic acids is 4. The minimum Gasteiger partial charge on any atom is -0.494 e. The van der Waals surface area contributed by atoms with Gasteiger partial charge in [0.05, 0.1) is 37.7 Å². The van der Waals surface area contributed by atoms with Gasteiger partial charge in [-0.2, -0.15) is 10.2 Å². The molecular weight excluding hydrogens is 817 g/mol. The number of hydrogen-bond acceptors (Lipinski definition) is 12. The van der Waals surface area contributed by atoms with Crippen molar-refractivity contribution in [2.75, 3.05) is 91.8 Å². The zero-order chi connectivity index (χ0) is 44.6. The number of hydrogen-bond donors (Lipinski definition) is 2. The van der Waals surface area contributed by atoms with Gasteiger partial charge in [-0.25, -0.2) is 9.59 Å². The summed E-state index contributed by atoms with van der Waals surface area (Å²) >= 11 is 0. The summed E-state index contributed by atoms with van der Waals surface area (Å²) in [6.07, 6.45) is 1.88. The number of nitrogens with zero attached hydrogens (tertiary/aromatic N) is 6. The molecule has 0 aromatic heterocycles. The predicted octanol–water partition coefficient (Wildman–Crippen LogP) is 6.56. The van der Waals surface area contributed by atoms with Gasteiger partial charge in [-0.1, -0.05) is 60.7 Å². The number of amides is 4. The van der Waals surface area contributed by atoms with E-state index in [0.29, 0.717) is 88.2 Å². The van der Waals surface area contributed by atoms with Crippen molar-refractivity contribution in [3.63, 3.8) is 0 Å². The summed E-state index contributed by atoms with van der Waals surface area (Å²) in [4.78, 5) is 61.2. The molecule has 0 saturated carbocycles. The van der Waals surface area contributed by atoms with E-state index in [-0.39, 0.29) is 64.3 Å². The van der Waals surface area contributed by atoms with Crippen LogP contribution in [0, 0.1) is 0 Å². The molecule has 6 heterocycles. The van der Waals surface area contributed by atoms with Gasteiger partial charge in [-0.15, -0.1) is 0 Å². The van der Waals surface area contributed by atoms with Crippen LogP contribution in [0.5, 0.6) is 11.5 Å². The van der Waals surface area contributed by atoms with Crippen molar-refractivity contribution in [3.05, 3.63) is 120 Å². The van der Waals surface area contributed by atoms with Crippen LogP contribution in [0.2, 0.25) is 0 Å². The summed E-state index contributed by atoms with van der Waals surface area (Å²) in [7, 11) is 0. The Morgan fingerprint density at radius 2 is 0.875 bits per heavy atom. The van der Waals surface area contributed by atoms with Crippen molar-refractivity contribution in [1.29, 1.82) is 0 Å². The number of ether oxygens (including phenoxy) is 4. The first-order valence-electron chi connectivity index (χ1n) is 22.1. The molecule has 0 atom stereocenters. The summed E-state index contributed by atoms with van der Waals surface area (Å²) in [6.45, 7) is 4.58. The van der Waals surface area contributed by atoms with Gasteiger partial charge in [0, 0.05) is 65.4 Å². The van der Waals surface area contributed by atoms with Crippen LogP contribution in [0.1, 0.15) is 36.8 Å². The quantitative estimate of drug-likeness (QED) is 0.229. The lowest BCUT2D eigenvalue weighted by Gasteiger charge is -2.33. The van der Waals surface area contributed by atoms with Gasteiger partial charge in [0.25, 0.3) is 0 Å². The highest BCUT2D eigenvalue weighted by Gasteiger charge is 2.24. The highest BCUT2D eigenvalue weighted by atomic mass is 16.6. The smallest absolute Gasteiger partial charge is 0.410 e. The molecule has 0 spiro atoms. The number of azo groups is 1. The second kappa shape index (κ2) is 26.2. The van der Waals surface area contributed by atoms with E-state index in [1.54, 1.807) is 9.80 Å². The minimum atomic E-state index is -0.491. The number of fused-ring (bicyclic) bond motifs is 1. The molecule has 10 rings (SSSR count). The third-order valence-electron chi connectivity index (χ3n) is 10.7. The molecule has 64 heavy (non-hydrogen) atoms. The molecule has 6 aliphatic rings. The van der Waals surface area contributed by atoms with Crippen LogP contribution in [0.4, 0.5) is 21.0 Å². The number of rotatable bonds is 4. The lowest BCUT2D eigenvalue weighted by Crippen LogP contribution is -2.51. The molecule has 0 aliphatic carbocycles. The topological polar surface area (TPSA) is 167 Å². The number of benzene rings is 4. The van der Waals surface area contributed by atoms with Crippen LogP contribution in [-0.2, 0) is 32.3 Å². The monoisotopic (exact) mass is 876 g/mol. The normalized spacial score (nSPS) is 19.1. The lowest BCUT2D eigenvalue weighted by molar-refractivity contribution is -0.122. The Labute approximate surface area is 375 Å². The Balaban J connectivity index is 1.15. The second-order valence-electron chi connectivity index (χ2n) is 15.6. The third kappa shape index (κ3) is 17.0. The molecule has 4 aromatic carbocycles. The van der Waals surface area contributed by atoms with Crippen LogP contribution in [0.15, 0.2) is 119 Å². The van der Waals surface area contributed by atoms with Gasteiger partial charge in [-0.05, 0) is 85.3 Å². The molecule has 16 nitrogen and oxygen atoms in total. The summed E-state index contributed by atoms with van der Waals surface area (Å²) < 4.78 is 23.4. The Hall–Kier alpha value is -6.52. The van der Waals surface area contributed by atoms with Gasteiger partial charge >= 0.3 is 12.2 Å². The first-order valence-corrected chi connectivity index (χ1v) is 22.1. The van der Waals surface area contributed by atoms with Crippen molar-refractivity contribution >= 4 is 35.4 Å². The summed E-state index contributed by atoms with van der Waals surface area (Å²) in [5.74, 6) is 1.09. The molecule has 0 unspecified atom stereocenters. The van der Waals surface area contributed by atoms with Crippen LogP contribution in [-0.4, -0.2) is 135 Å². The zero-order valence-corrected chi connectivity index (χ0v) is 36.5. The van der Waals surface area contributed by atoms with Gasteiger partial charge in [0.15, 0.2) is 0 Å². The Morgan fingerprint density at radius 1 is 0.500 bits per heavy atom. The summed E-state index contributed by atoms with van der Waals surface area (Å²) in [5, 5.41) is 14.7. The highest BCUT2D eigenvalue weighted by molar-refractivity contribution is 5.78. The molecule has 1 fully saturated rings. The Morgan fingerprint density at radius 3 is 1.25 bits per heavy atom. The zero-order valence-electron chi connectivity index (χ0n) is 36.5. The van der Waals surface area contributed by atoms with E-state index in [9.17, 15) is 19.2 Å². The van der Waals surface area contributed by atoms with Gasteiger partial charge in [0.2, 0.25) is 11.8 Å². The van der Waals surface area contributed by atoms with E-state index in [4.69, 9.17) is 18.9 Å². The highest BCUT2D eigenvalue weighted by Crippen LogP contribution is 2.23. The molecule has 0 radical (unpaired) electrons. The van der Waals surface area contributed by atoms with E-state index < -0.39 is 12.2 Å². The Bertz CT molecular complexity index is 1890. The number of nitrogens with one attached hydrogen (secondary N) is 2. The maximum Gasteiger partial charge on any atom is 0.410 e. The molecular formula is C48H60N8O8. The standard InChI is InChI=1S/C48H60N8O8/c57-45-35-53-25-29-55(47(59)63-37-39-11-3-1-4-12-39)30-26-54(28-32-56(31-27-53)48(60)64-38-40-13-5-2-6-14-40)36-46(58)50-24-8-10-34-62-44-21-17-42(18-22-44)52-51-41-15-19-43(20-16-41)61-33-9-7-23-49-45/h1-6,11-22H,7-10,23-38H2,(H,49,57)(H,50,58). The maximum atomic E-state index is 13.7. The fraction of sp³-hybridized carbons (Fsp3) is 0.417. The first-order chi connectivity index (χ1) is 31.4. The summed E-state index contributed by atoms with van der Waals surface area (Å²) in [5.41, 5.74) is 3.11. The van der Waals surface area contributed by atoms with E-state index in [0.717, 1.165) is 24.0 Å². The molecule has 16 heteroatoms. The maximum absolute atomic E-state index is 13.7. The summed E-state index contributed by atoms with van der Waals surface area (Å²) in [6, 6.07) is 33.7. The van der Waals surface area contributed by atoms with Crippen LogP contribution in [0.3, 0.4) is 0 Å². The van der Waals surface area contributed by atoms with Crippen molar-refractivity contribution in [2.45, 2.75) is 38.9 Å². The molecule has 2 N–H and O–H groups in total. The van der Waals surface area contributed by atoms with Crippen molar-refractivity contribution < 1.29 is 38.1 Å². The number of carbonyl (C=O) groups is 4. The fourth-order valence-corrected chi connectivity index (χ4v) is 6.94. The second-order valence-corrected chi connectivity index (χ2v) is 15.6. The van der Waals surface area contributed by atoms with Crippen molar-refractivity contribution in [3.8, 4) is 11.5 Å². The van der Waals surface area contributed by atoms with Crippen molar-refractivity contribution in [2.24, 2.45) is 10.2 Å². The van der Waals surface area contributed by atoms with E-state index in [1.807, 2.05) is 119 Å². The molecule has 6 aliphatic heterocycles. The van der Waals surface area contributed by atoms with Crippen LogP contribution >= 0.6 is 0 Å². The van der Waals surface area contributed by atoms with Gasteiger partial charge < -0.3 is 39.4 Å². The molecule has 4 amide bonds. The third-order valence-corrected chi connectivity index (χ3v) is 10.7. The molecule has 6 bridgehead atoms. The van der Waals surface area contributed by atoms with E-state index in [1.165, 1.54) is 0 Å². The lowest BCUT2D eigenvalue weighted by atomic mass is 10.2. The molecule has 340 valence electrons. The fourth-order valence-electron chi connectivity index (χ4n) is 6.94. The van der Waals surface area contributed by atoms with Gasteiger partial charge in [-0.3, -0.25) is 19.4 Å². The Kier molecular flexibility index (Phi) is 19.2. The predicted molar refractivity (Wildman–Crippen MR) is 242 cm³/mol. The van der Waals surface area contributed by atoms with Crippen molar-refractivity contribution in [1.82, 2.24) is 30.2 Å². The largest absolute Gasteiger partial charge is 0.494 e. The van der Waals surface area contributed by atoms with E-state index >= 15 is 0 Å².